The summed E-state index contributed by atoms with van der Waals surface area (Å²) < 4.78 is 97.7. The topological polar surface area (TPSA) is 104 Å². The predicted molar refractivity (Wildman–Crippen MR) is 156 cm³/mol. The van der Waals surface area contributed by atoms with Gasteiger partial charge in [-0.1, -0.05) is 30.3 Å². The lowest BCUT2D eigenvalue weighted by molar-refractivity contribution is -0.137. The molecular formula is C31H28F7N5O3. The lowest BCUT2D eigenvalue weighted by Crippen LogP contribution is -2.26. The van der Waals surface area contributed by atoms with Gasteiger partial charge in [-0.25, -0.2) is 15.2 Å². The predicted octanol–water partition coefficient (Wildman–Crippen LogP) is 6.50. The fourth-order valence-corrected chi connectivity index (χ4v) is 4.60. The van der Waals surface area contributed by atoms with Crippen LogP contribution in [0.2, 0.25) is 0 Å². The first kappa shape index (κ1) is 34.1. The molecule has 15 heteroatoms. The van der Waals surface area contributed by atoms with Gasteiger partial charge < -0.3 is 10.1 Å². The summed E-state index contributed by atoms with van der Waals surface area (Å²) in [5.74, 6) is -1.02. The SMILES string of the molecule is COCCNc1ccc(C2=NNC(=O)CC2)cc1C(F)(F)F.O=C1CCC(c2ccc(-c3ccc(F)cc3)c(C(F)(F)F)c2)=NN1. The first-order valence-corrected chi connectivity index (χ1v) is 13.9. The van der Waals surface area contributed by atoms with Gasteiger partial charge in [-0.3, -0.25) is 9.59 Å². The Kier molecular flexibility index (Phi) is 10.8. The van der Waals surface area contributed by atoms with Crippen LogP contribution in [-0.2, 0) is 26.7 Å². The van der Waals surface area contributed by atoms with Crippen molar-refractivity contribution in [2.75, 3.05) is 25.6 Å². The van der Waals surface area contributed by atoms with Crippen LogP contribution in [0.3, 0.4) is 0 Å². The number of methoxy groups -OCH3 is 1. The maximum Gasteiger partial charge on any atom is 0.418 e. The van der Waals surface area contributed by atoms with Crippen LogP contribution in [0.5, 0.6) is 0 Å². The van der Waals surface area contributed by atoms with Gasteiger partial charge in [0.25, 0.3) is 0 Å². The normalized spacial score (nSPS) is 15.1. The standard InChI is InChI=1S/C17H12F4N2O.C14H16F3N3O2/c18-12-4-1-10(2-5-12)13-6-3-11(9-14(13)17(19,20)21)15-7-8-16(24)23-22-15;1-22-7-6-18-12-3-2-9(8-10(12)14(15,16)17)11-4-5-13(21)20-19-11/h1-6,9H,7-8H2,(H,23,24);2-3,8,18H,4-7H2,1H3,(H,20,21). The molecule has 3 aromatic rings. The summed E-state index contributed by atoms with van der Waals surface area (Å²) in [4.78, 5) is 22.2. The monoisotopic (exact) mass is 651 g/mol. The summed E-state index contributed by atoms with van der Waals surface area (Å²) in [5.41, 5.74) is 4.67. The van der Waals surface area contributed by atoms with Crippen LogP contribution in [0, 0.1) is 5.82 Å². The maximum atomic E-state index is 13.4. The van der Waals surface area contributed by atoms with Crippen molar-refractivity contribution in [3.05, 3.63) is 88.7 Å². The molecule has 0 radical (unpaired) electrons. The number of hydrazone groups is 2. The van der Waals surface area contributed by atoms with E-state index in [1.807, 2.05) is 0 Å². The zero-order valence-electron chi connectivity index (χ0n) is 24.3. The minimum Gasteiger partial charge on any atom is -0.383 e. The third-order valence-electron chi connectivity index (χ3n) is 6.90. The molecule has 5 rings (SSSR count). The molecule has 3 aromatic carbocycles. The van der Waals surface area contributed by atoms with Gasteiger partial charge in [0.15, 0.2) is 0 Å². The van der Waals surface area contributed by atoms with E-state index in [1.165, 1.54) is 37.4 Å². The van der Waals surface area contributed by atoms with Crippen molar-refractivity contribution in [3.8, 4) is 11.1 Å². The van der Waals surface area contributed by atoms with Gasteiger partial charge in [0.2, 0.25) is 11.8 Å². The van der Waals surface area contributed by atoms with Crippen LogP contribution in [0.25, 0.3) is 11.1 Å². The molecule has 0 saturated heterocycles. The number of halogens is 7. The highest BCUT2D eigenvalue weighted by atomic mass is 19.4. The van der Waals surface area contributed by atoms with E-state index in [-0.39, 0.29) is 54.4 Å². The maximum absolute atomic E-state index is 13.4. The number of hydrogen-bond donors (Lipinski definition) is 3. The largest absolute Gasteiger partial charge is 0.418 e. The smallest absolute Gasteiger partial charge is 0.383 e. The molecule has 46 heavy (non-hydrogen) atoms. The molecular weight excluding hydrogens is 623 g/mol. The Hall–Kier alpha value is -4.79. The highest BCUT2D eigenvalue weighted by Crippen LogP contribution is 2.38. The molecule has 0 atom stereocenters. The number of nitrogens with one attached hydrogen (secondary N) is 3. The molecule has 0 saturated carbocycles. The number of alkyl halides is 6. The molecule has 0 aliphatic carbocycles. The van der Waals surface area contributed by atoms with Gasteiger partial charge in [0.05, 0.1) is 29.2 Å². The molecule has 2 amide bonds. The van der Waals surface area contributed by atoms with Gasteiger partial charge in [-0.15, -0.1) is 0 Å². The van der Waals surface area contributed by atoms with E-state index < -0.39 is 29.3 Å². The van der Waals surface area contributed by atoms with E-state index in [0.717, 1.165) is 24.3 Å². The summed E-state index contributed by atoms with van der Waals surface area (Å²) in [6, 6.07) is 12.7. The van der Waals surface area contributed by atoms with E-state index in [9.17, 15) is 40.3 Å². The lowest BCUT2D eigenvalue weighted by Gasteiger charge is -2.18. The average molecular weight is 652 g/mol. The van der Waals surface area contributed by atoms with Crippen LogP contribution in [0.15, 0.2) is 70.9 Å². The Morgan fingerprint density at radius 3 is 1.70 bits per heavy atom. The Bertz CT molecular complexity index is 1630. The Labute approximate surface area is 258 Å². The van der Waals surface area contributed by atoms with Crippen LogP contribution in [0.4, 0.5) is 36.4 Å². The zero-order chi connectivity index (χ0) is 33.5. The third-order valence-corrected chi connectivity index (χ3v) is 6.90. The van der Waals surface area contributed by atoms with Crippen molar-refractivity contribution in [3.63, 3.8) is 0 Å². The first-order valence-electron chi connectivity index (χ1n) is 13.9. The Balaban J connectivity index is 0.000000210. The molecule has 0 spiro atoms. The molecule has 244 valence electrons. The molecule has 2 heterocycles. The number of benzene rings is 3. The van der Waals surface area contributed by atoms with E-state index in [4.69, 9.17) is 4.74 Å². The highest BCUT2D eigenvalue weighted by Gasteiger charge is 2.35. The number of ether oxygens (including phenoxy) is 1. The van der Waals surface area contributed by atoms with Crippen molar-refractivity contribution in [1.82, 2.24) is 10.9 Å². The van der Waals surface area contributed by atoms with Gasteiger partial charge in [-0.05, 0) is 52.6 Å². The van der Waals surface area contributed by atoms with Crippen molar-refractivity contribution < 1.29 is 45.1 Å². The Morgan fingerprint density at radius 1 is 0.717 bits per heavy atom. The van der Waals surface area contributed by atoms with Crippen molar-refractivity contribution in [2.45, 2.75) is 38.0 Å². The van der Waals surface area contributed by atoms with Gasteiger partial charge in [0.1, 0.15) is 5.82 Å². The quantitative estimate of drug-likeness (QED) is 0.200. The third kappa shape index (κ3) is 8.90. The van der Waals surface area contributed by atoms with Gasteiger partial charge in [-0.2, -0.15) is 36.5 Å². The van der Waals surface area contributed by atoms with E-state index in [2.05, 4.69) is 26.4 Å². The molecule has 2 aliphatic rings. The molecule has 2 aliphatic heterocycles. The van der Waals surface area contributed by atoms with E-state index >= 15 is 0 Å². The highest BCUT2D eigenvalue weighted by molar-refractivity contribution is 6.05. The van der Waals surface area contributed by atoms with E-state index in [0.29, 0.717) is 35.6 Å². The second kappa shape index (κ2) is 14.5. The van der Waals surface area contributed by atoms with Crippen molar-refractivity contribution in [2.24, 2.45) is 10.2 Å². The minimum absolute atomic E-state index is 0.00579. The number of amides is 2. The summed E-state index contributed by atoms with van der Waals surface area (Å²) in [6.07, 6.45) is -8.06. The first-order chi connectivity index (χ1) is 21.8. The van der Waals surface area contributed by atoms with Crippen LogP contribution in [-0.4, -0.2) is 43.5 Å². The van der Waals surface area contributed by atoms with Crippen LogP contribution < -0.4 is 16.2 Å². The van der Waals surface area contributed by atoms with Crippen LogP contribution in [0.1, 0.15) is 47.9 Å². The summed E-state index contributed by atoms with van der Waals surface area (Å²) in [6.45, 7) is 0.577. The van der Waals surface area contributed by atoms with Crippen molar-refractivity contribution in [1.29, 1.82) is 0 Å². The molecule has 0 unspecified atom stereocenters. The second-order valence-electron chi connectivity index (χ2n) is 10.1. The Morgan fingerprint density at radius 2 is 1.22 bits per heavy atom. The number of carbonyl (C=O) groups excluding carboxylic acids is 2. The minimum atomic E-state index is -4.57. The lowest BCUT2D eigenvalue weighted by atomic mass is 9.94. The number of anilines is 1. The zero-order valence-corrected chi connectivity index (χ0v) is 24.3. The summed E-state index contributed by atoms with van der Waals surface area (Å²) in [7, 11) is 1.48. The van der Waals surface area contributed by atoms with Gasteiger partial charge in [0, 0.05) is 45.0 Å². The molecule has 3 N–H and O–H groups in total. The van der Waals surface area contributed by atoms with Gasteiger partial charge >= 0.3 is 12.4 Å². The molecule has 0 aromatic heterocycles. The molecule has 8 nitrogen and oxygen atoms in total. The van der Waals surface area contributed by atoms with Crippen LogP contribution >= 0.6 is 0 Å². The summed E-state index contributed by atoms with van der Waals surface area (Å²) in [5, 5.41) is 10.3. The number of rotatable bonds is 7. The van der Waals surface area contributed by atoms with E-state index in [1.54, 1.807) is 6.07 Å². The molecule has 0 fully saturated rings. The summed E-state index contributed by atoms with van der Waals surface area (Å²) >= 11 is 0. The molecule has 0 bridgehead atoms. The fourth-order valence-electron chi connectivity index (χ4n) is 4.60. The number of hydrogen-bond acceptors (Lipinski definition) is 6. The average Bonchev–Trinajstić information content (AvgIpc) is 3.02. The number of carbonyl (C=O) groups is 2. The fraction of sp³-hybridized carbons (Fsp3) is 0.290. The second-order valence-corrected chi connectivity index (χ2v) is 10.1. The van der Waals surface area contributed by atoms with Crippen molar-refractivity contribution >= 4 is 28.9 Å². The number of nitrogens with zero attached hydrogens (tertiary/aromatic N) is 2.